The van der Waals surface area contributed by atoms with Crippen LogP contribution in [0.5, 0.6) is 0 Å². The molecule has 1 amide bonds. The molecule has 6 nitrogen and oxygen atoms in total. The maximum Gasteiger partial charge on any atom is 0.244 e. The Morgan fingerprint density at radius 2 is 1.95 bits per heavy atom. The van der Waals surface area contributed by atoms with E-state index in [1.165, 1.54) is 11.5 Å². The number of aromatic nitrogens is 2. The molecule has 2 heterocycles. The second kappa shape index (κ2) is 7.15. The summed E-state index contributed by atoms with van der Waals surface area (Å²) in [5, 5.41) is 8.76. The molecule has 2 aromatic rings. The van der Waals surface area contributed by atoms with Crippen LogP contribution >= 0.6 is 23.9 Å². The Morgan fingerprint density at radius 1 is 1.27 bits per heavy atom. The second-order valence-corrected chi connectivity index (χ2v) is 5.70. The van der Waals surface area contributed by atoms with Gasteiger partial charge in [-0.25, -0.2) is 0 Å². The maximum absolute atomic E-state index is 12.3. The molecule has 22 heavy (non-hydrogen) atoms. The van der Waals surface area contributed by atoms with Crippen LogP contribution in [-0.4, -0.2) is 34.2 Å². The van der Waals surface area contributed by atoms with Gasteiger partial charge >= 0.3 is 0 Å². The first-order valence-electron chi connectivity index (χ1n) is 6.73. The van der Waals surface area contributed by atoms with Gasteiger partial charge in [0.15, 0.2) is 0 Å². The maximum atomic E-state index is 12.3. The number of carbonyl (C=O) groups is 1. The number of nitrogens with one attached hydrogen (secondary N) is 1. The van der Waals surface area contributed by atoms with Crippen molar-refractivity contribution in [2.24, 2.45) is 5.73 Å². The Kier molecular flexibility index (Phi) is 5.47. The van der Waals surface area contributed by atoms with Crippen LogP contribution in [-0.2, 0) is 9.53 Å². The van der Waals surface area contributed by atoms with E-state index in [1.54, 1.807) is 0 Å². The highest BCUT2D eigenvalue weighted by Crippen LogP contribution is 2.23. The van der Waals surface area contributed by atoms with E-state index >= 15 is 0 Å². The van der Waals surface area contributed by atoms with E-state index in [0.717, 1.165) is 16.9 Å². The molecule has 1 aliphatic heterocycles. The number of hydrogen-bond donors (Lipinski definition) is 2. The third-order valence-corrected chi connectivity index (χ3v) is 4.14. The molecular weight excluding hydrogens is 324 g/mol. The van der Waals surface area contributed by atoms with Gasteiger partial charge in [0.2, 0.25) is 5.91 Å². The molecule has 3 rings (SSSR count). The average molecular weight is 341 g/mol. The molecule has 118 valence electrons. The van der Waals surface area contributed by atoms with Crippen molar-refractivity contribution < 1.29 is 9.53 Å². The third kappa shape index (κ3) is 3.61. The molecule has 1 aliphatic rings. The molecule has 0 unspecified atom stereocenters. The third-order valence-electron chi connectivity index (χ3n) is 3.64. The average Bonchev–Trinajstić information content (AvgIpc) is 3.03. The molecule has 0 aliphatic carbocycles. The molecule has 8 heteroatoms. The summed E-state index contributed by atoms with van der Waals surface area (Å²) in [6.45, 7) is 1.05. The Labute approximate surface area is 138 Å². The van der Waals surface area contributed by atoms with Crippen molar-refractivity contribution in [3.05, 3.63) is 29.6 Å². The number of ether oxygens (including phenoxy) is 1. The topological polar surface area (TPSA) is 90.1 Å². The molecule has 1 aromatic heterocycles. The first-order chi connectivity index (χ1) is 10.2. The van der Waals surface area contributed by atoms with Crippen LogP contribution in [0.15, 0.2) is 29.6 Å². The zero-order chi connectivity index (χ0) is 14.7. The first-order valence-corrected chi connectivity index (χ1v) is 7.57. The van der Waals surface area contributed by atoms with Crippen LogP contribution in [0.25, 0.3) is 11.3 Å². The van der Waals surface area contributed by atoms with Crippen molar-refractivity contribution in [1.29, 1.82) is 0 Å². The smallest absolute Gasteiger partial charge is 0.244 e. The monoisotopic (exact) mass is 340 g/mol. The summed E-state index contributed by atoms with van der Waals surface area (Å²) < 4.78 is 9.08. The quantitative estimate of drug-likeness (QED) is 0.892. The van der Waals surface area contributed by atoms with Crippen LogP contribution in [0.2, 0.25) is 0 Å². The first kappa shape index (κ1) is 16.8. The van der Waals surface area contributed by atoms with Crippen molar-refractivity contribution in [1.82, 2.24) is 9.59 Å². The fraction of sp³-hybridized carbons (Fsp3) is 0.357. The largest absolute Gasteiger partial charge is 0.381 e. The summed E-state index contributed by atoms with van der Waals surface area (Å²) in [6.07, 6.45) is 1.09. The van der Waals surface area contributed by atoms with Gasteiger partial charge in [0.1, 0.15) is 11.2 Å². The number of rotatable bonds is 3. The lowest BCUT2D eigenvalue weighted by molar-refractivity contribution is -0.124. The van der Waals surface area contributed by atoms with Crippen LogP contribution < -0.4 is 11.1 Å². The highest BCUT2D eigenvalue weighted by atomic mass is 35.5. The Bertz CT molecular complexity index is 612. The number of anilines is 1. The van der Waals surface area contributed by atoms with Crippen molar-refractivity contribution in [3.63, 3.8) is 0 Å². The summed E-state index contributed by atoms with van der Waals surface area (Å²) in [5.74, 6) is -0.158. The summed E-state index contributed by atoms with van der Waals surface area (Å²) in [5.41, 5.74) is 7.84. The lowest BCUT2D eigenvalue weighted by Gasteiger charge is -2.31. The van der Waals surface area contributed by atoms with E-state index in [1.807, 2.05) is 29.6 Å². The minimum Gasteiger partial charge on any atom is -0.381 e. The van der Waals surface area contributed by atoms with Crippen LogP contribution in [0.3, 0.4) is 0 Å². The zero-order valence-corrected chi connectivity index (χ0v) is 13.5. The van der Waals surface area contributed by atoms with Crippen molar-refractivity contribution in [2.75, 3.05) is 18.5 Å². The minimum absolute atomic E-state index is 0. The second-order valence-electron chi connectivity index (χ2n) is 5.09. The lowest BCUT2D eigenvalue weighted by atomic mass is 9.90. The van der Waals surface area contributed by atoms with Crippen molar-refractivity contribution >= 4 is 35.5 Å². The van der Waals surface area contributed by atoms with E-state index in [4.69, 9.17) is 10.5 Å². The highest BCUT2D eigenvalue weighted by Gasteiger charge is 2.35. The fourth-order valence-electron chi connectivity index (χ4n) is 2.23. The van der Waals surface area contributed by atoms with Gasteiger partial charge in [-0.3, -0.25) is 4.79 Å². The van der Waals surface area contributed by atoms with Gasteiger partial charge in [-0.05, 0) is 36.5 Å². The Morgan fingerprint density at radius 3 is 2.55 bits per heavy atom. The normalized spacial score (nSPS) is 16.6. The van der Waals surface area contributed by atoms with E-state index in [2.05, 4.69) is 14.9 Å². The molecule has 0 radical (unpaired) electrons. The highest BCUT2D eigenvalue weighted by molar-refractivity contribution is 7.03. The number of nitrogens with two attached hydrogens (primary N) is 1. The van der Waals surface area contributed by atoms with Crippen molar-refractivity contribution in [3.8, 4) is 11.3 Å². The molecule has 1 aromatic carbocycles. The van der Waals surface area contributed by atoms with Gasteiger partial charge in [-0.1, -0.05) is 16.6 Å². The summed E-state index contributed by atoms with van der Waals surface area (Å²) in [4.78, 5) is 12.3. The molecule has 0 bridgehead atoms. The summed E-state index contributed by atoms with van der Waals surface area (Å²) in [6, 6.07) is 7.49. The van der Waals surface area contributed by atoms with E-state index in [9.17, 15) is 4.79 Å². The standard InChI is InChI=1S/C14H16N4O2S.ClH/c15-14(5-7-20-8-6-14)13(19)16-11-3-1-10(2-4-11)12-9-21-18-17-12;/h1-4,9H,5-8,15H2,(H,16,19);1H. The van der Waals surface area contributed by atoms with Gasteiger partial charge in [-0.15, -0.1) is 17.5 Å². The summed E-state index contributed by atoms with van der Waals surface area (Å²) in [7, 11) is 0. The number of carbonyl (C=O) groups excluding carboxylic acids is 1. The molecule has 1 saturated heterocycles. The van der Waals surface area contributed by atoms with Gasteiger partial charge in [0, 0.05) is 29.8 Å². The minimum atomic E-state index is -0.838. The number of benzene rings is 1. The fourth-order valence-corrected chi connectivity index (χ4v) is 2.70. The molecule has 0 atom stereocenters. The Balaban J connectivity index is 0.00000176. The van der Waals surface area contributed by atoms with Crippen molar-refractivity contribution in [2.45, 2.75) is 18.4 Å². The SMILES string of the molecule is Cl.NC1(C(=O)Nc2ccc(-c3csnn3)cc2)CCOCC1. The number of nitrogens with zero attached hydrogens (tertiary/aromatic N) is 2. The summed E-state index contributed by atoms with van der Waals surface area (Å²) >= 11 is 1.31. The Hall–Kier alpha value is -1.54. The zero-order valence-electron chi connectivity index (χ0n) is 11.8. The van der Waals surface area contributed by atoms with Crippen LogP contribution in [0.4, 0.5) is 5.69 Å². The van der Waals surface area contributed by atoms with Gasteiger partial charge in [0.25, 0.3) is 0 Å². The van der Waals surface area contributed by atoms with Crippen LogP contribution in [0.1, 0.15) is 12.8 Å². The van der Waals surface area contributed by atoms with Gasteiger partial charge in [-0.2, -0.15) is 0 Å². The molecular formula is C14H17ClN4O2S. The number of amides is 1. The predicted octanol–water partition coefficient (Wildman–Crippen LogP) is 2.07. The van der Waals surface area contributed by atoms with E-state index in [0.29, 0.717) is 26.1 Å². The van der Waals surface area contributed by atoms with E-state index in [-0.39, 0.29) is 18.3 Å². The van der Waals surface area contributed by atoms with E-state index < -0.39 is 5.54 Å². The predicted molar refractivity (Wildman–Crippen MR) is 88.2 cm³/mol. The van der Waals surface area contributed by atoms with Gasteiger partial charge < -0.3 is 15.8 Å². The molecule has 0 saturated carbocycles. The number of halogens is 1. The molecule has 1 fully saturated rings. The molecule has 3 N–H and O–H groups in total. The molecule has 0 spiro atoms. The lowest BCUT2D eigenvalue weighted by Crippen LogP contribution is -2.54. The van der Waals surface area contributed by atoms with Crippen LogP contribution in [0, 0.1) is 0 Å². The van der Waals surface area contributed by atoms with Gasteiger partial charge in [0.05, 0.1) is 0 Å². The number of hydrogen-bond acceptors (Lipinski definition) is 6.